The van der Waals surface area contributed by atoms with Gasteiger partial charge >= 0.3 is 0 Å². The molecule has 0 bridgehead atoms. The third-order valence-corrected chi connectivity index (χ3v) is 3.16. The molecule has 112 valence electrons. The summed E-state index contributed by atoms with van der Waals surface area (Å²) >= 11 is 0. The van der Waals surface area contributed by atoms with Crippen molar-refractivity contribution in [3.05, 3.63) is 17.7 Å². The number of methoxy groups -OCH3 is 2. The van der Waals surface area contributed by atoms with Crippen LogP contribution in [0.25, 0.3) is 0 Å². The summed E-state index contributed by atoms with van der Waals surface area (Å²) in [6.07, 6.45) is 0. The summed E-state index contributed by atoms with van der Waals surface area (Å²) in [4.78, 5) is 0. The van der Waals surface area contributed by atoms with Crippen LogP contribution in [0, 0.1) is 0 Å². The van der Waals surface area contributed by atoms with Crippen LogP contribution in [0.5, 0.6) is 17.2 Å². The van der Waals surface area contributed by atoms with Crippen LogP contribution in [0.4, 0.5) is 0 Å². The predicted molar refractivity (Wildman–Crippen MR) is 76.8 cm³/mol. The fourth-order valence-corrected chi connectivity index (χ4v) is 2.18. The van der Waals surface area contributed by atoms with Crippen LogP contribution < -0.4 is 19.5 Å². The van der Waals surface area contributed by atoms with E-state index in [1.807, 2.05) is 12.1 Å². The molecule has 5 heteroatoms. The maximum absolute atomic E-state index is 5.63. The van der Waals surface area contributed by atoms with Crippen LogP contribution in [0.15, 0.2) is 12.1 Å². The van der Waals surface area contributed by atoms with Gasteiger partial charge < -0.3 is 24.3 Å². The number of rotatable bonds is 6. The molecule has 1 aromatic carbocycles. The molecule has 0 unspecified atom stereocenters. The highest BCUT2D eigenvalue weighted by Gasteiger charge is 2.20. The minimum absolute atomic E-state index is 0.0881. The van der Waals surface area contributed by atoms with E-state index < -0.39 is 0 Å². The Morgan fingerprint density at radius 1 is 1.20 bits per heavy atom. The minimum atomic E-state index is -0.0881. The van der Waals surface area contributed by atoms with Crippen LogP contribution in [0.1, 0.15) is 19.4 Å². The summed E-state index contributed by atoms with van der Waals surface area (Å²) in [6, 6.07) is 3.97. The van der Waals surface area contributed by atoms with Crippen LogP contribution >= 0.6 is 0 Å². The van der Waals surface area contributed by atoms with Gasteiger partial charge in [-0.15, -0.1) is 0 Å². The highest BCUT2D eigenvalue weighted by molar-refractivity contribution is 5.54. The molecule has 2 rings (SSSR count). The summed E-state index contributed by atoms with van der Waals surface area (Å²) in [5.74, 6) is 2.15. The number of nitrogens with one attached hydrogen (secondary N) is 1. The molecule has 0 fully saturated rings. The SMILES string of the molecule is COCC(C)(C)NCc1cc(OC)c2c(c1)OCCO2. The van der Waals surface area contributed by atoms with Crippen molar-refractivity contribution < 1.29 is 18.9 Å². The molecule has 0 radical (unpaired) electrons. The van der Waals surface area contributed by atoms with Crippen molar-refractivity contribution in [3.8, 4) is 17.2 Å². The maximum atomic E-state index is 5.63. The first-order chi connectivity index (χ1) is 9.55. The van der Waals surface area contributed by atoms with Gasteiger partial charge in [0.15, 0.2) is 11.5 Å². The first-order valence-corrected chi connectivity index (χ1v) is 6.76. The predicted octanol–water partition coefficient (Wildman–Crippen LogP) is 1.98. The van der Waals surface area contributed by atoms with Crippen molar-refractivity contribution in [1.29, 1.82) is 0 Å². The molecule has 0 aliphatic carbocycles. The molecule has 1 N–H and O–H groups in total. The van der Waals surface area contributed by atoms with E-state index in [0.29, 0.717) is 37.9 Å². The number of hydrogen-bond acceptors (Lipinski definition) is 5. The second-order valence-electron chi connectivity index (χ2n) is 5.49. The highest BCUT2D eigenvalue weighted by Crippen LogP contribution is 2.40. The monoisotopic (exact) mass is 281 g/mol. The Hall–Kier alpha value is -1.46. The molecule has 20 heavy (non-hydrogen) atoms. The van der Waals surface area contributed by atoms with E-state index in [-0.39, 0.29) is 5.54 Å². The molecule has 5 nitrogen and oxygen atoms in total. The standard InChI is InChI=1S/C15H23NO4/c1-15(2,10-17-3)16-9-11-7-12(18-4)14-13(8-11)19-5-6-20-14/h7-8,16H,5-6,9-10H2,1-4H3. The maximum Gasteiger partial charge on any atom is 0.203 e. The number of hydrogen-bond donors (Lipinski definition) is 1. The molecule has 0 atom stereocenters. The molecular formula is C15H23NO4. The third kappa shape index (κ3) is 3.55. The van der Waals surface area contributed by atoms with E-state index in [9.17, 15) is 0 Å². The Bertz CT molecular complexity index is 442. The zero-order valence-electron chi connectivity index (χ0n) is 12.6. The van der Waals surface area contributed by atoms with Gasteiger partial charge in [0.2, 0.25) is 5.75 Å². The van der Waals surface area contributed by atoms with E-state index in [1.54, 1.807) is 14.2 Å². The number of ether oxygens (including phenoxy) is 4. The first-order valence-electron chi connectivity index (χ1n) is 6.76. The molecule has 0 spiro atoms. The van der Waals surface area contributed by atoms with Crippen molar-refractivity contribution in [1.82, 2.24) is 5.32 Å². The Labute approximate surface area is 120 Å². The Morgan fingerprint density at radius 3 is 2.65 bits per heavy atom. The van der Waals surface area contributed by atoms with Gasteiger partial charge in [0, 0.05) is 19.2 Å². The van der Waals surface area contributed by atoms with Gasteiger partial charge in [0.05, 0.1) is 13.7 Å². The van der Waals surface area contributed by atoms with Gasteiger partial charge in [0.25, 0.3) is 0 Å². The minimum Gasteiger partial charge on any atom is -0.493 e. The van der Waals surface area contributed by atoms with Crippen LogP contribution in [0.3, 0.4) is 0 Å². The summed E-state index contributed by atoms with van der Waals surface area (Å²) < 4.78 is 21.8. The molecule has 1 aliphatic rings. The second kappa shape index (κ2) is 6.33. The Kier molecular flexibility index (Phi) is 4.73. The normalized spacial score (nSPS) is 14.2. The first kappa shape index (κ1) is 14.9. The lowest BCUT2D eigenvalue weighted by molar-refractivity contribution is 0.127. The fourth-order valence-electron chi connectivity index (χ4n) is 2.18. The molecule has 0 aromatic heterocycles. The highest BCUT2D eigenvalue weighted by atomic mass is 16.6. The van der Waals surface area contributed by atoms with E-state index in [2.05, 4.69) is 19.2 Å². The second-order valence-corrected chi connectivity index (χ2v) is 5.49. The zero-order valence-corrected chi connectivity index (χ0v) is 12.6. The van der Waals surface area contributed by atoms with Gasteiger partial charge in [-0.2, -0.15) is 0 Å². The average Bonchev–Trinajstić information content (AvgIpc) is 2.44. The van der Waals surface area contributed by atoms with E-state index >= 15 is 0 Å². The molecule has 1 aliphatic heterocycles. The lowest BCUT2D eigenvalue weighted by Gasteiger charge is -2.26. The zero-order chi connectivity index (χ0) is 14.6. The largest absolute Gasteiger partial charge is 0.493 e. The van der Waals surface area contributed by atoms with E-state index in [0.717, 1.165) is 11.3 Å². The quantitative estimate of drug-likeness (QED) is 0.864. The van der Waals surface area contributed by atoms with Gasteiger partial charge in [-0.05, 0) is 31.5 Å². The topological polar surface area (TPSA) is 49.0 Å². The molecular weight excluding hydrogens is 258 g/mol. The molecule has 0 saturated heterocycles. The summed E-state index contributed by atoms with van der Waals surface area (Å²) in [5, 5.41) is 3.46. The molecule has 0 saturated carbocycles. The lowest BCUT2D eigenvalue weighted by atomic mass is 10.1. The van der Waals surface area contributed by atoms with Gasteiger partial charge in [-0.1, -0.05) is 0 Å². The summed E-state index contributed by atoms with van der Waals surface area (Å²) in [7, 11) is 3.34. The van der Waals surface area contributed by atoms with Crippen molar-refractivity contribution in [3.63, 3.8) is 0 Å². The number of benzene rings is 1. The van der Waals surface area contributed by atoms with Crippen molar-refractivity contribution in [2.24, 2.45) is 0 Å². The fraction of sp³-hybridized carbons (Fsp3) is 0.600. The molecule has 1 aromatic rings. The van der Waals surface area contributed by atoms with Gasteiger partial charge in [0.1, 0.15) is 13.2 Å². The van der Waals surface area contributed by atoms with E-state index in [1.165, 1.54) is 0 Å². The van der Waals surface area contributed by atoms with Crippen LogP contribution in [-0.4, -0.2) is 39.6 Å². The van der Waals surface area contributed by atoms with Crippen molar-refractivity contribution in [2.45, 2.75) is 25.9 Å². The van der Waals surface area contributed by atoms with Gasteiger partial charge in [-0.3, -0.25) is 0 Å². The van der Waals surface area contributed by atoms with Crippen LogP contribution in [0.2, 0.25) is 0 Å². The molecule has 1 heterocycles. The Morgan fingerprint density at radius 2 is 1.95 bits per heavy atom. The van der Waals surface area contributed by atoms with Crippen molar-refractivity contribution in [2.75, 3.05) is 34.0 Å². The van der Waals surface area contributed by atoms with Gasteiger partial charge in [-0.25, -0.2) is 0 Å². The van der Waals surface area contributed by atoms with E-state index in [4.69, 9.17) is 18.9 Å². The lowest BCUT2D eigenvalue weighted by Crippen LogP contribution is -2.42. The Balaban J connectivity index is 2.12. The third-order valence-electron chi connectivity index (χ3n) is 3.16. The van der Waals surface area contributed by atoms with Crippen LogP contribution in [-0.2, 0) is 11.3 Å². The van der Waals surface area contributed by atoms with Crippen molar-refractivity contribution >= 4 is 0 Å². The molecule has 0 amide bonds. The summed E-state index contributed by atoms with van der Waals surface area (Å²) in [5.41, 5.74) is 1.00. The summed E-state index contributed by atoms with van der Waals surface area (Å²) in [6.45, 7) is 6.69. The smallest absolute Gasteiger partial charge is 0.203 e. The average molecular weight is 281 g/mol. The number of fused-ring (bicyclic) bond motifs is 1.